The van der Waals surface area contributed by atoms with E-state index >= 15 is 0 Å². The minimum atomic E-state index is -0.167. The molecule has 1 aromatic heterocycles. The maximum absolute atomic E-state index is 6.32. The van der Waals surface area contributed by atoms with Crippen LogP contribution in [0, 0.1) is 0 Å². The molecule has 3 heterocycles. The molecule has 2 saturated heterocycles. The summed E-state index contributed by atoms with van der Waals surface area (Å²) in [5.41, 5.74) is -0.167. The molecule has 2 unspecified atom stereocenters. The van der Waals surface area contributed by atoms with Gasteiger partial charge in [-0.3, -0.25) is 5.32 Å². The zero-order valence-corrected chi connectivity index (χ0v) is 10.9. The second-order valence-corrected chi connectivity index (χ2v) is 5.71. The predicted octanol–water partition coefficient (Wildman–Crippen LogP) is 3.25. The fourth-order valence-electron chi connectivity index (χ4n) is 3.46. The third-order valence-corrected chi connectivity index (χ3v) is 4.43. The van der Waals surface area contributed by atoms with E-state index in [1.807, 2.05) is 18.3 Å². The van der Waals surface area contributed by atoms with Crippen molar-refractivity contribution in [2.45, 2.75) is 43.9 Å². The van der Waals surface area contributed by atoms with Crippen LogP contribution in [-0.4, -0.2) is 16.8 Å². The van der Waals surface area contributed by atoms with Gasteiger partial charge in [-0.1, -0.05) is 18.2 Å². The molecule has 2 fully saturated rings. The van der Waals surface area contributed by atoms with Crippen molar-refractivity contribution in [2.24, 2.45) is 0 Å². The Kier molecular flexibility index (Phi) is 2.49. The van der Waals surface area contributed by atoms with E-state index in [1.54, 1.807) is 0 Å². The van der Waals surface area contributed by atoms with Crippen LogP contribution in [0.5, 0.6) is 5.88 Å². The van der Waals surface area contributed by atoms with Gasteiger partial charge in [-0.25, -0.2) is 4.98 Å². The highest BCUT2D eigenvalue weighted by Gasteiger charge is 2.43. The number of ether oxygens (including phenoxy) is 1. The lowest BCUT2D eigenvalue weighted by atomic mass is 10.0. The highest BCUT2D eigenvalue weighted by molar-refractivity contribution is 5.86. The molecule has 4 rings (SSSR count). The Balaban J connectivity index is 1.72. The molecule has 3 heteroatoms. The average molecular weight is 254 g/mol. The zero-order valence-electron chi connectivity index (χ0n) is 10.9. The molecule has 19 heavy (non-hydrogen) atoms. The number of nitrogens with zero attached hydrogens (tertiary/aromatic N) is 1. The monoisotopic (exact) mass is 254 g/mol. The maximum Gasteiger partial charge on any atom is 0.223 e. The van der Waals surface area contributed by atoms with Gasteiger partial charge < -0.3 is 4.74 Å². The molecule has 1 aromatic carbocycles. The minimum Gasteiger partial charge on any atom is -0.455 e. The molecule has 98 valence electrons. The third-order valence-electron chi connectivity index (χ3n) is 4.43. The molecule has 0 amide bonds. The Hall–Kier alpha value is -1.61. The first-order chi connectivity index (χ1) is 9.35. The summed E-state index contributed by atoms with van der Waals surface area (Å²) in [5.74, 6) is 0.771. The van der Waals surface area contributed by atoms with E-state index in [9.17, 15) is 0 Å². The highest BCUT2D eigenvalue weighted by Crippen LogP contribution is 2.38. The number of pyridine rings is 1. The molecular formula is C16H18N2O. The quantitative estimate of drug-likeness (QED) is 0.893. The van der Waals surface area contributed by atoms with Gasteiger partial charge in [0.25, 0.3) is 0 Å². The van der Waals surface area contributed by atoms with Gasteiger partial charge in [0, 0.05) is 30.5 Å². The fraction of sp³-hybridized carbons (Fsp3) is 0.438. The molecule has 0 spiro atoms. The van der Waals surface area contributed by atoms with Crippen LogP contribution in [0.15, 0.2) is 36.5 Å². The standard InChI is InChI=1S/C16H18N2O/c1-2-6-14-12(4-1)8-11-17-15(14)19-16-9-3-5-13(18-16)7-10-16/h1-2,4,6,8,11,13,18H,3,5,7,9-10H2. The summed E-state index contributed by atoms with van der Waals surface area (Å²) in [7, 11) is 0. The lowest BCUT2D eigenvalue weighted by Gasteiger charge is -2.34. The molecule has 0 radical (unpaired) electrons. The Morgan fingerprint density at radius 1 is 1.16 bits per heavy atom. The van der Waals surface area contributed by atoms with Crippen LogP contribution in [0.3, 0.4) is 0 Å². The molecule has 2 atom stereocenters. The molecule has 2 bridgehead atoms. The Morgan fingerprint density at radius 2 is 2.11 bits per heavy atom. The van der Waals surface area contributed by atoms with Crippen LogP contribution in [0.2, 0.25) is 0 Å². The van der Waals surface area contributed by atoms with Crippen LogP contribution in [0.25, 0.3) is 10.8 Å². The van der Waals surface area contributed by atoms with Crippen molar-refractivity contribution in [1.82, 2.24) is 10.3 Å². The van der Waals surface area contributed by atoms with Gasteiger partial charge in [-0.05, 0) is 36.8 Å². The van der Waals surface area contributed by atoms with Gasteiger partial charge in [-0.15, -0.1) is 0 Å². The lowest BCUT2D eigenvalue weighted by Crippen LogP contribution is -2.51. The topological polar surface area (TPSA) is 34.1 Å². The van der Waals surface area contributed by atoms with Crippen LogP contribution >= 0.6 is 0 Å². The van der Waals surface area contributed by atoms with Crippen LogP contribution in [0.1, 0.15) is 32.1 Å². The minimum absolute atomic E-state index is 0.167. The number of rotatable bonds is 2. The van der Waals surface area contributed by atoms with Gasteiger partial charge in [0.1, 0.15) is 0 Å². The van der Waals surface area contributed by atoms with Gasteiger partial charge in [0.15, 0.2) is 5.72 Å². The van der Waals surface area contributed by atoms with Gasteiger partial charge in [0.2, 0.25) is 5.88 Å². The second kappa shape index (κ2) is 4.20. The van der Waals surface area contributed by atoms with Crippen molar-refractivity contribution >= 4 is 10.8 Å². The number of hydrogen-bond acceptors (Lipinski definition) is 3. The first-order valence-electron chi connectivity index (χ1n) is 7.15. The fourth-order valence-corrected chi connectivity index (χ4v) is 3.46. The summed E-state index contributed by atoms with van der Waals surface area (Å²) in [6.07, 6.45) is 7.79. The van der Waals surface area contributed by atoms with Gasteiger partial charge >= 0.3 is 0 Å². The van der Waals surface area contributed by atoms with E-state index in [4.69, 9.17) is 4.74 Å². The third kappa shape index (κ3) is 1.89. The van der Waals surface area contributed by atoms with Crippen LogP contribution in [0.4, 0.5) is 0 Å². The second-order valence-electron chi connectivity index (χ2n) is 5.71. The summed E-state index contributed by atoms with van der Waals surface area (Å²) in [4.78, 5) is 4.45. The van der Waals surface area contributed by atoms with E-state index in [0.29, 0.717) is 6.04 Å². The SMILES string of the molecule is c1ccc2c(OC34CCCC(CC3)N4)nccc2c1. The maximum atomic E-state index is 6.32. The first-order valence-corrected chi connectivity index (χ1v) is 7.15. The Morgan fingerprint density at radius 3 is 3.11 bits per heavy atom. The Labute approximate surface area is 113 Å². The molecule has 1 N–H and O–H groups in total. The largest absolute Gasteiger partial charge is 0.455 e. The summed E-state index contributed by atoms with van der Waals surface area (Å²) >= 11 is 0. The molecule has 0 aliphatic carbocycles. The molecule has 2 aromatic rings. The van der Waals surface area contributed by atoms with Crippen molar-refractivity contribution in [2.75, 3.05) is 0 Å². The number of hydrogen-bond donors (Lipinski definition) is 1. The molecule has 0 saturated carbocycles. The molecule has 2 aliphatic rings. The molecule has 2 aliphatic heterocycles. The molecule has 3 nitrogen and oxygen atoms in total. The van der Waals surface area contributed by atoms with Crippen molar-refractivity contribution in [3.05, 3.63) is 36.5 Å². The van der Waals surface area contributed by atoms with Gasteiger partial charge in [0.05, 0.1) is 0 Å². The summed E-state index contributed by atoms with van der Waals surface area (Å²) < 4.78 is 6.32. The van der Waals surface area contributed by atoms with E-state index in [2.05, 4.69) is 28.5 Å². The molecular weight excluding hydrogens is 236 g/mol. The zero-order chi connectivity index (χ0) is 12.7. The first kappa shape index (κ1) is 11.2. The van der Waals surface area contributed by atoms with Gasteiger partial charge in [-0.2, -0.15) is 0 Å². The van der Waals surface area contributed by atoms with Crippen LogP contribution < -0.4 is 10.1 Å². The highest BCUT2D eigenvalue weighted by atomic mass is 16.5. The lowest BCUT2D eigenvalue weighted by molar-refractivity contribution is 0.0210. The van der Waals surface area contributed by atoms with E-state index in [0.717, 1.165) is 24.1 Å². The predicted molar refractivity (Wildman–Crippen MR) is 75.1 cm³/mol. The summed E-state index contributed by atoms with van der Waals surface area (Å²) in [6.45, 7) is 0. The van der Waals surface area contributed by atoms with Crippen molar-refractivity contribution in [3.63, 3.8) is 0 Å². The summed E-state index contributed by atoms with van der Waals surface area (Å²) in [6, 6.07) is 11.0. The van der Waals surface area contributed by atoms with E-state index < -0.39 is 0 Å². The van der Waals surface area contributed by atoms with Crippen molar-refractivity contribution in [3.8, 4) is 5.88 Å². The number of benzene rings is 1. The number of piperidine rings is 1. The smallest absolute Gasteiger partial charge is 0.223 e. The van der Waals surface area contributed by atoms with Crippen molar-refractivity contribution in [1.29, 1.82) is 0 Å². The van der Waals surface area contributed by atoms with Crippen molar-refractivity contribution < 1.29 is 4.74 Å². The normalized spacial score (nSPS) is 29.6. The number of fused-ring (bicyclic) bond motifs is 3. The van der Waals surface area contributed by atoms with E-state index in [1.165, 1.54) is 24.6 Å². The Bertz CT molecular complexity index is 603. The van der Waals surface area contributed by atoms with E-state index in [-0.39, 0.29) is 5.72 Å². The average Bonchev–Trinajstić information content (AvgIpc) is 2.74. The summed E-state index contributed by atoms with van der Waals surface area (Å²) in [5, 5.41) is 5.95. The number of nitrogens with one attached hydrogen (secondary N) is 1. The number of aromatic nitrogens is 1. The van der Waals surface area contributed by atoms with Crippen LogP contribution in [-0.2, 0) is 0 Å².